The highest BCUT2D eigenvalue weighted by Gasteiger charge is 2.62. The second-order valence-corrected chi connectivity index (χ2v) is 5.92. The van der Waals surface area contributed by atoms with Crippen molar-refractivity contribution in [3.63, 3.8) is 0 Å². The molecule has 0 saturated heterocycles. The SMILES string of the molecule is CC(=O)CC(=O)OC(=O)C1C(C=C(Cl)C(F)(F)F)C1(C)C. The molecule has 1 fully saturated rings. The zero-order valence-corrected chi connectivity index (χ0v) is 12.3. The van der Waals surface area contributed by atoms with Gasteiger partial charge in [-0.15, -0.1) is 0 Å². The molecule has 2 unspecified atom stereocenters. The molecule has 4 nitrogen and oxygen atoms in total. The number of esters is 2. The largest absolute Gasteiger partial charge is 0.426 e. The minimum atomic E-state index is -4.68. The highest BCUT2D eigenvalue weighted by Crippen LogP contribution is 2.60. The number of alkyl halides is 3. The van der Waals surface area contributed by atoms with Crippen LogP contribution in [0.3, 0.4) is 0 Å². The van der Waals surface area contributed by atoms with Gasteiger partial charge in [0.2, 0.25) is 0 Å². The first-order valence-corrected chi connectivity index (χ1v) is 6.43. The quantitative estimate of drug-likeness (QED) is 0.588. The highest BCUT2D eigenvalue weighted by atomic mass is 35.5. The van der Waals surface area contributed by atoms with Gasteiger partial charge in [-0.25, -0.2) is 0 Å². The van der Waals surface area contributed by atoms with Gasteiger partial charge in [0.15, 0.2) is 0 Å². The summed E-state index contributed by atoms with van der Waals surface area (Å²) in [5.41, 5.74) is -0.793. The fourth-order valence-electron chi connectivity index (χ4n) is 2.11. The Morgan fingerprint density at radius 2 is 1.81 bits per heavy atom. The third-order valence-corrected chi connectivity index (χ3v) is 3.71. The second kappa shape index (κ2) is 5.79. The number of carbonyl (C=O) groups excluding carboxylic acids is 3. The van der Waals surface area contributed by atoms with E-state index in [2.05, 4.69) is 4.74 Å². The molecule has 118 valence electrons. The number of hydrogen-bond acceptors (Lipinski definition) is 4. The summed E-state index contributed by atoms with van der Waals surface area (Å²) < 4.78 is 41.6. The van der Waals surface area contributed by atoms with Crippen LogP contribution in [0.2, 0.25) is 0 Å². The number of allylic oxidation sites excluding steroid dienone is 2. The minimum absolute atomic E-state index is 0.473. The van der Waals surface area contributed by atoms with Crippen molar-refractivity contribution in [2.45, 2.75) is 33.4 Å². The number of ketones is 1. The third kappa shape index (κ3) is 4.30. The van der Waals surface area contributed by atoms with Gasteiger partial charge in [-0.2, -0.15) is 13.2 Å². The fourth-order valence-corrected chi connectivity index (χ4v) is 2.24. The molecule has 0 amide bonds. The van der Waals surface area contributed by atoms with Gasteiger partial charge in [0.25, 0.3) is 0 Å². The Hall–Kier alpha value is -1.37. The molecule has 0 radical (unpaired) electrons. The van der Waals surface area contributed by atoms with E-state index in [1.54, 1.807) is 13.8 Å². The van der Waals surface area contributed by atoms with E-state index in [1.807, 2.05) is 0 Å². The van der Waals surface area contributed by atoms with E-state index >= 15 is 0 Å². The Bertz CT molecular complexity index is 508. The Morgan fingerprint density at radius 3 is 2.24 bits per heavy atom. The first-order chi connectivity index (χ1) is 9.37. The topological polar surface area (TPSA) is 60.4 Å². The molecular formula is C13H14ClF3O4. The lowest BCUT2D eigenvalue weighted by Gasteiger charge is -2.04. The van der Waals surface area contributed by atoms with Crippen LogP contribution in [0.25, 0.3) is 0 Å². The van der Waals surface area contributed by atoms with Crippen molar-refractivity contribution in [3.8, 4) is 0 Å². The summed E-state index contributed by atoms with van der Waals surface area (Å²) in [6.07, 6.45) is -4.48. The van der Waals surface area contributed by atoms with Crippen LogP contribution in [-0.2, 0) is 19.1 Å². The maximum atomic E-state index is 12.4. The maximum Gasteiger partial charge on any atom is 0.426 e. The van der Waals surface area contributed by atoms with Gasteiger partial charge in [0.05, 0.1) is 5.92 Å². The lowest BCUT2D eigenvalue weighted by atomic mass is 10.1. The molecule has 0 aromatic rings. The maximum absolute atomic E-state index is 12.4. The molecule has 1 saturated carbocycles. The minimum Gasteiger partial charge on any atom is -0.393 e. The zero-order chi connectivity index (χ0) is 16.6. The normalized spacial score (nSPS) is 24.4. The van der Waals surface area contributed by atoms with Gasteiger partial charge in [-0.3, -0.25) is 14.4 Å². The first kappa shape index (κ1) is 17.7. The van der Waals surface area contributed by atoms with Crippen molar-refractivity contribution in [2.75, 3.05) is 0 Å². The Morgan fingerprint density at radius 1 is 1.29 bits per heavy atom. The van der Waals surface area contributed by atoms with E-state index in [9.17, 15) is 27.6 Å². The average molecular weight is 327 g/mol. The number of ether oxygens (including phenoxy) is 1. The van der Waals surface area contributed by atoms with E-state index in [0.717, 1.165) is 13.0 Å². The number of halogens is 4. The predicted octanol–water partition coefficient (Wildman–Crippen LogP) is 2.99. The molecule has 0 aliphatic heterocycles. The molecular weight excluding hydrogens is 313 g/mol. The van der Waals surface area contributed by atoms with Crippen molar-refractivity contribution < 1.29 is 32.3 Å². The first-order valence-electron chi connectivity index (χ1n) is 6.06. The van der Waals surface area contributed by atoms with Crippen LogP contribution in [0, 0.1) is 17.3 Å². The van der Waals surface area contributed by atoms with Gasteiger partial charge in [-0.05, 0) is 18.3 Å². The van der Waals surface area contributed by atoms with Crippen LogP contribution in [0.1, 0.15) is 27.2 Å². The Labute approximate surface area is 124 Å². The molecule has 0 N–H and O–H groups in total. The predicted molar refractivity (Wildman–Crippen MR) is 67.1 cm³/mol. The Balaban J connectivity index is 2.75. The summed E-state index contributed by atoms with van der Waals surface area (Å²) in [6, 6.07) is 0. The van der Waals surface area contributed by atoms with Crippen molar-refractivity contribution in [3.05, 3.63) is 11.1 Å². The van der Waals surface area contributed by atoms with E-state index in [-0.39, 0.29) is 0 Å². The summed E-state index contributed by atoms with van der Waals surface area (Å²) in [7, 11) is 0. The van der Waals surface area contributed by atoms with Crippen LogP contribution in [0.4, 0.5) is 13.2 Å². The number of hydrogen-bond donors (Lipinski definition) is 0. The summed E-state index contributed by atoms with van der Waals surface area (Å²) >= 11 is 5.14. The standard InChI is InChI=1S/C13H14ClF3O4/c1-6(18)4-9(19)21-11(20)10-7(12(10,2)3)5-8(14)13(15,16)17/h5,7,10H,4H2,1-3H3. The summed E-state index contributed by atoms with van der Waals surface area (Å²) in [5, 5.41) is -1.31. The molecule has 8 heteroatoms. The molecule has 0 heterocycles. The number of Topliss-reactive ketones (excluding diaryl/α,β-unsaturated/α-hetero) is 1. The van der Waals surface area contributed by atoms with Crippen molar-refractivity contribution in [1.82, 2.24) is 0 Å². The molecule has 0 aromatic carbocycles. The fraction of sp³-hybridized carbons (Fsp3) is 0.615. The van der Waals surface area contributed by atoms with Gasteiger partial charge < -0.3 is 4.74 Å². The van der Waals surface area contributed by atoms with Gasteiger partial charge in [0.1, 0.15) is 17.2 Å². The molecule has 21 heavy (non-hydrogen) atoms. The van der Waals surface area contributed by atoms with E-state index in [1.165, 1.54) is 0 Å². The third-order valence-electron chi connectivity index (χ3n) is 3.37. The van der Waals surface area contributed by atoms with Crippen LogP contribution in [0.15, 0.2) is 11.1 Å². The van der Waals surface area contributed by atoms with Crippen LogP contribution < -0.4 is 0 Å². The average Bonchev–Trinajstić information content (AvgIpc) is 2.77. The van der Waals surface area contributed by atoms with Crippen molar-refractivity contribution >= 4 is 29.3 Å². The number of rotatable bonds is 4. The van der Waals surface area contributed by atoms with Gasteiger partial charge in [-0.1, -0.05) is 31.5 Å². The van der Waals surface area contributed by atoms with Crippen molar-refractivity contribution in [1.29, 1.82) is 0 Å². The summed E-state index contributed by atoms with van der Waals surface area (Å²) in [5.74, 6) is -4.10. The lowest BCUT2D eigenvalue weighted by Crippen LogP contribution is -2.18. The second-order valence-electron chi connectivity index (χ2n) is 5.51. The number of carbonyl (C=O) groups is 3. The van der Waals surface area contributed by atoms with Crippen LogP contribution in [-0.4, -0.2) is 23.9 Å². The molecule has 2 atom stereocenters. The molecule has 0 aromatic heterocycles. The zero-order valence-electron chi connectivity index (χ0n) is 11.6. The molecule has 1 aliphatic rings. The van der Waals surface area contributed by atoms with Gasteiger partial charge >= 0.3 is 18.1 Å². The summed E-state index contributed by atoms with van der Waals surface area (Å²) in [4.78, 5) is 33.7. The Kier molecular flexibility index (Phi) is 4.87. The van der Waals surface area contributed by atoms with Crippen LogP contribution in [0.5, 0.6) is 0 Å². The van der Waals surface area contributed by atoms with Crippen LogP contribution >= 0.6 is 11.6 Å². The molecule has 1 rings (SSSR count). The van der Waals surface area contributed by atoms with E-state index in [0.29, 0.717) is 0 Å². The molecule has 0 spiro atoms. The van der Waals surface area contributed by atoms with Gasteiger partial charge in [0, 0.05) is 0 Å². The molecule has 0 bridgehead atoms. The smallest absolute Gasteiger partial charge is 0.393 e. The highest BCUT2D eigenvalue weighted by molar-refractivity contribution is 6.30. The lowest BCUT2D eigenvalue weighted by molar-refractivity contribution is -0.161. The van der Waals surface area contributed by atoms with E-state index < -0.39 is 52.6 Å². The monoisotopic (exact) mass is 326 g/mol. The summed E-state index contributed by atoms with van der Waals surface area (Å²) in [6.45, 7) is 4.29. The van der Waals surface area contributed by atoms with Crippen molar-refractivity contribution in [2.24, 2.45) is 17.3 Å². The van der Waals surface area contributed by atoms with E-state index in [4.69, 9.17) is 11.6 Å². The molecule has 1 aliphatic carbocycles.